The molecular formula is C13H14N2O2S. The highest BCUT2D eigenvalue weighted by Crippen LogP contribution is 2.32. The van der Waals surface area contributed by atoms with Gasteiger partial charge in [0.2, 0.25) is 0 Å². The molecule has 0 aliphatic carbocycles. The zero-order valence-corrected chi connectivity index (χ0v) is 11.1. The fourth-order valence-electron chi connectivity index (χ4n) is 1.56. The van der Waals surface area contributed by atoms with Crippen LogP contribution in [0.3, 0.4) is 0 Å². The second-order valence-electron chi connectivity index (χ2n) is 3.65. The SMILES string of the molecule is CCOC(=O)Nc1nc(C)c(-c2ccccc2)s1. The number of benzene rings is 1. The van der Waals surface area contributed by atoms with E-state index >= 15 is 0 Å². The second kappa shape index (κ2) is 5.64. The lowest BCUT2D eigenvalue weighted by molar-refractivity contribution is 0.168. The molecule has 5 heteroatoms. The maximum absolute atomic E-state index is 11.3. The molecule has 0 saturated carbocycles. The summed E-state index contributed by atoms with van der Waals surface area (Å²) >= 11 is 1.44. The summed E-state index contributed by atoms with van der Waals surface area (Å²) in [5.41, 5.74) is 2.00. The minimum absolute atomic E-state index is 0.349. The van der Waals surface area contributed by atoms with Crippen molar-refractivity contribution < 1.29 is 9.53 Å². The van der Waals surface area contributed by atoms with E-state index in [1.54, 1.807) is 6.92 Å². The number of carbonyl (C=O) groups is 1. The number of anilines is 1. The summed E-state index contributed by atoms with van der Waals surface area (Å²) in [5, 5.41) is 3.18. The Hall–Kier alpha value is -1.88. The molecule has 0 aliphatic rings. The van der Waals surface area contributed by atoms with E-state index in [2.05, 4.69) is 10.3 Å². The number of aromatic nitrogens is 1. The van der Waals surface area contributed by atoms with Gasteiger partial charge in [-0.3, -0.25) is 5.32 Å². The summed E-state index contributed by atoms with van der Waals surface area (Å²) in [5.74, 6) is 0. The first-order valence-corrected chi connectivity index (χ1v) is 6.49. The summed E-state index contributed by atoms with van der Waals surface area (Å²) in [4.78, 5) is 16.7. The predicted molar refractivity (Wildman–Crippen MR) is 72.9 cm³/mol. The molecule has 0 fully saturated rings. The third kappa shape index (κ3) is 2.87. The normalized spacial score (nSPS) is 10.1. The van der Waals surface area contributed by atoms with Crippen LogP contribution in [0, 0.1) is 6.92 Å². The lowest BCUT2D eigenvalue weighted by Crippen LogP contribution is -2.12. The van der Waals surface area contributed by atoms with Gasteiger partial charge in [0.1, 0.15) is 0 Å². The highest BCUT2D eigenvalue weighted by atomic mass is 32.1. The van der Waals surface area contributed by atoms with Gasteiger partial charge in [0, 0.05) is 0 Å². The van der Waals surface area contributed by atoms with Crippen molar-refractivity contribution in [1.82, 2.24) is 4.98 Å². The number of aryl methyl sites for hydroxylation is 1. The van der Waals surface area contributed by atoms with E-state index in [4.69, 9.17) is 4.74 Å². The zero-order chi connectivity index (χ0) is 13.0. The molecule has 2 aromatic rings. The summed E-state index contributed by atoms with van der Waals surface area (Å²) in [6, 6.07) is 9.97. The van der Waals surface area contributed by atoms with Crippen molar-refractivity contribution in [3.63, 3.8) is 0 Å². The molecule has 1 aromatic heterocycles. The Morgan fingerprint density at radius 1 is 1.39 bits per heavy atom. The molecule has 0 aliphatic heterocycles. The Kier molecular flexibility index (Phi) is 3.94. The zero-order valence-electron chi connectivity index (χ0n) is 10.3. The van der Waals surface area contributed by atoms with Gasteiger partial charge in [-0.2, -0.15) is 0 Å². The number of ether oxygens (including phenoxy) is 1. The first kappa shape index (κ1) is 12.6. The number of amides is 1. The Bertz CT molecular complexity index is 537. The van der Waals surface area contributed by atoms with E-state index in [1.165, 1.54) is 11.3 Å². The van der Waals surface area contributed by atoms with Crippen molar-refractivity contribution in [2.24, 2.45) is 0 Å². The number of hydrogen-bond acceptors (Lipinski definition) is 4. The van der Waals surface area contributed by atoms with Crippen LogP contribution < -0.4 is 5.32 Å². The highest BCUT2D eigenvalue weighted by molar-refractivity contribution is 7.19. The minimum Gasteiger partial charge on any atom is -0.450 e. The van der Waals surface area contributed by atoms with E-state index in [9.17, 15) is 4.79 Å². The van der Waals surface area contributed by atoms with Crippen molar-refractivity contribution in [2.45, 2.75) is 13.8 Å². The molecule has 4 nitrogen and oxygen atoms in total. The van der Waals surface area contributed by atoms with Crippen LogP contribution in [0.5, 0.6) is 0 Å². The van der Waals surface area contributed by atoms with Gasteiger partial charge < -0.3 is 4.74 Å². The van der Waals surface area contributed by atoms with Crippen LogP contribution >= 0.6 is 11.3 Å². The highest BCUT2D eigenvalue weighted by Gasteiger charge is 2.11. The molecule has 0 radical (unpaired) electrons. The van der Waals surface area contributed by atoms with Crippen molar-refractivity contribution in [3.8, 4) is 10.4 Å². The molecule has 1 N–H and O–H groups in total. The molecule has 1 aromatic carbocycles. The molecule has 0 bridgehead atoms. The Labute approximate surface area is 110 Å². The van der Waals surface area contributed by atoms with E-state index in [0.29, 0.717) is 11.7 Å². The first-order valence-electron chi connectivity index (χ1n) is 5.67. The van der Waals surface area contributed by atoms with Crippen molar-refractivity contribution in [1.29, 1.82) is 0 Å². The fourth-order valence-corrected chi connectivity index (χ4v) is 2.52. The standard InChI is InChI=1S/C13H14N2O2S/c1-3-17-13(16)15-12-14-9(2)11(18-12)10-7-5-4-6-8-10/h4-8H,3H2,1-2H3,(H,14,15,16). The average molecular weight is 262 g/mol. The van der Waals surface area contributed by atoms with E-state index in [-0.39, 0.29) is 0 Å². The molecule has 94 valence electrons. The summed E-state index contributed by atoms with van der Waals surface area (Å²) < 4.78 is 4.82. The number of hydrogen-bond donors (Lipinski definition) is 1. The van der Waals surface area contributed by atoms with Crippen molar-refractivity contribution in [3.05, 3.63) is 36.0 Å². The maximum atomic E-state index is 11.3. The van der Waals surface area contributed by atoms with Crippen LogP contribution in [-0.2, 0) is 4.74 Å². The molecule has 1 heterocycles. The lowest BCUT2D eigenvalue weighted by atomic mass is 10.2. The minimum atomic E-state index is -0.467. The third-order valence-corrected chi connectivity index (χ3v) is 3.44. The summed E-state index contributed by atoms with van der Waals surface area (Å²) in [6.45, 7) is 4.04. The van der Waals surface area contributed by atoms with Crippen LogP contribution in [0.2, 0.25) is 0 Å². The number of thiazole rings is 1. The van der Waals surface area contributed by atoms with Gasteiger partial charge in [0.25, 0.3) is 0 Å². The molecule has 0 saturated heterocycles. The summed E-state index contributed by atoms with van der Waals surface area (Å²) in [6.07, 6.45) is -0.467. The fraction of sp³-hybridized carbons (Fsp3) is 0.231. The van der Waals surface area contributed by atoms with Gasteiger partial charge in [0.15, 0.2) is 5.13 Å². The first-order chi connectivity index (χ1) is 8.70. The van der Waals surface area contributed by atoms with Gasteiger partial charge in [-0.05, 0) is 19.4 Å². The molecule has 18 heavy (non-hydrogen) atoms. The van der Waals surface area contributed by atoms with Gasteiger partial charge in [-0.1, -0.05) is 41.7 Å². The molecule has 2 rings (SSSR count). The van der Waals surface area contributed by atoms with Crippen LogP contribution in [0.25, 0.3) is 10.4 Å². The summed E-state index contributed by atoms with van der Waals surface area (Å²) in [7, 11) is 0. The Morgan fingerprint density at radius 3 is 2.78 bits per heavy atom. The monoisotopic (exact) mass is 262 g/mol. The smallest absolute Gasteiger partial charge is 0.413 e. The topological polar surface area (TPSA) is 51.2 Å². The average Bonchev–Trinajstić information content (AvgIpc) is 2.71. The van der Waals surface area contributed by atoms with Crippen molar-refractivity contribution in [2.75, 3.05) is 11.9 Å². The molecular weight excluding hydrogens is 248 g/mol. The lowest BCUT2D eigenvalue weighted by Gasteiger charge is -2.00. The van der Waals surface area contributed by atoms with Gasteiger partial charge >= 0.3 is 6.09 Å². The molecule has 0 atom stereocenters. The Balaban J connectivity index is 2.20. The molecule has 0 spiro atoms. The maximum Gasteiger partial charge on any atom is 0.413 e. The predicted octanol–water partition coefficient (Wildman–Crippen LogP) is 3.69. The second-order valence-corrected chi connectivity index (χ2v) is 4.64. The quantitative estimate of drug-likeness (QED) is 0.917. The van der Waals surface area contributed by atoms with Crippen molar-refractivity contribution >= 4 is 22.6 Å². The Morgan fingerprint density at radius 2 is 2.11 bits per heavy atom. The van der Waals surface area contributed by atoms with Gasteiger partial charge in [-0.15, -0.1) is 0 Å². The van der Waals surface area contributed by atoms with Crippen LogP contribution in [-0.4, -0.2) is 17.7 Å². The molecule has 0 unspecified atom stereocenters. The number of nitrogens with zero attached hydrogens (tertiary/aromatic N) is 1. The van der Waals surface area contributed by atoms with Gasteiger partial charge in [-0.25, -0.2) is 9.78 Å². The number of carbonyl (C=O) groups excluding carboxylic acids is 1. The van der Waals surface area contributed by atoms with Gasteiger partial charge in [0.05, 0.1) is 17.2 Å². The molecule has 1 amide bonds. The van der Waals surface area contributed by atoms with Crippen LogP contribution in [0.15, 0.2) is 30.3 Å². The number of rotatable bonds is 3. The van der Waals surface area contributed by atoms with E-state index < -0.39 is 6.09 Å². The van der Waals surface area contributed by atoms with Crippen LogP contribution in [0.1, 0.15) is 12.6 Å². The van der Waals surface area contributed by atoms with Crippen LogP contribution in [0.4, 0.5) is 9.93 Å². The van der Waals surface area contributed by atoms with E-state index in [1.807, 2.05) is 37.3 Å². The largest absolute Gasteiger partial charge is 0.450 e. The van der Waals surface area contributed by atoms with E-state index in [0.717, 1.165) is 16.1 Å². The third-order valence-electron chi connectivity index (χ3n) is 2.32. The number of nitrogens with one attached hydrogen (secondary N) is 1.